The van der Waals surface area contributed by atoms with Crippen LogP contribution in [0.2, 0.25) is 36.3 Å². The quantitative estimate of drug-likeness (QED) is 0.0262. The summed E-state index contributed by atoms with van der Waals surface area (Å²) in [7, 11) is -4.39. The molecular weight excluding hydrogens is 656 g/mol. The molecule has 5 atom stereocenters. The highest BCUT2D eigenvalue weighted by Crippen LogP contribution is 2.40. The lowest BCUT2D eigenvalue weighted by Crippen LogP contribution is -2.53. The fourth-order valence-corrected chi connectivity index (χ4v) is 12.7. The van der Waals surface area contributed by atoms with E-state index in [1.54, 1.807) is 6.08 Å². The van der Waals surface area contributed by atoms with E-state index in [0.717, 1.165) is 54.7 Å². The molecule has 48 heavy (non-hydrogen) atoms. The Hall–Kier alpha value is -1.33. The first-order valence-electron chi connectivity index (χ1n) is 18.6. The summed E-state index contributed by atoms with van der Waals surface area (Å²) in [5, 5.41) is 0. The molecule has 0 fully saturated rings. The Balaban J connectivity index is 6.96. The van der Waals surface area contributed by atoms with E-state index in [1.165, 1.54) is 6.92 Å². The van der Waals surface area contributed by atoms with Crippen LogP contribution in [-0.2, 0) is 28.0 Å². The summed E-state index contributed by atoms with van der Waals surface area (Å²) in [5.74, 6) is -0.639. The predicted molar refractivity (Wildman–Crippen MR) is 209 cm³/mol. The summed E-state index contributed by atoms with van der Waals surface area (Å²) < 4.78 is 20.0. The molecule has 0 aromatic rings. The van der Waals surface area contributed by atoms with E-state index >= 15 is 4.79 Å². The third-order valence-corrected chi connectivity index (χ3v) is 20.4. The number of alkyl halides is 1. The molecule has 0 aromatic heterocycles. The molecule has 0 amide bonds. The van der Waals surface area contributed by atoms with Crippen LogP contribution in [0.3, 0.4) is 0 Å². The van der Waals surface area contributed by atoms with E-state index in [0.29, 0.717) is 25.1 Å². The zero-order valence-electron chi connectivity index (χ0n) is 32.6. The van der Waals surface area contributed by atoms with Gasteiger partial charge in [0.1, 0.15) is 5.78 Å². The normalized spacial score (nSPS) is 16.0. The van der Waals surface area contributed by atoms with Gasteiger partial charge in [-0.15, -0.1) is 24.8 Å². The molecule has 0 aliphatic heterocycles. The van der Waals surface area contributed by atoms with Crippen LogP contribution < -0.4 is 0 Å². The van der Waals surface area contributed by atoms with Gasteiger partial charge in [-0.2, -0.15) is 0 Å². The highest BCUT2D eigenvalue weighted by Gasteiger charge is 2.49. The van der Waals surface area contributed by atoms with E-state index in [-0.39, 0.29) is 30.0 Å². The van der Waals surface area contributed by atoms with Crippen LogP contribution in [0.1, 0.15) is 115 Å². The van der Waals surface area contributed by atoms with Crippen molar-refractivity contribution in [1.29, 1.82) is 0 Å². The molecule has 0 aromatic carbocycles. The molecule has 0 saturated carbocycles. The topological polar surface area (TPSA) is 78.9 Å². The number of halogens is 1. The first kappa shape index (κ1) is 46.7. The molecule has 4 unspecified atom stereocenters. The molecule has 0 N–H and O–H groups in total. The molecule has 9 heteroatoms. The third-order valence-electron chi connectivity index (χ3n) is 10.8. The van der Waals surface area contributed by atoms with Crippen molar-refractivity contribution in [1.82, 2.24) is 0 Å². The van der Waals surface area contributed by atoms with Gasteiger partial charge in [-0.25, -0.2) is 0 Å². The smallest absolute Gasteiger partial charge is 0.309 e. The molecule has 0 spiro atoms. The van der Waals surface area contributed by atoms with Crippen molar-refractivity contribution >= 4 is 45.8 Å². The van der Waals surface area contributed by atoms with Gasteiger partial charge in [0.15, 0.2) is 28.5 Å². The third kappa shape index (κ3) is 14.1. The number of hydrogen-bond acceptors (Lipinski definition) is 6. The van der Waals surface area contributed by atoms with Crippen molar-refractivity contribution in [2.45, 2.75) is 169 Å². The van der Waals surface area contributed by atoms with Gasteiger partial charge in [0.05, 0.1) is 18.6 Å². The van der Waals surface area contributed by atoms with Gasteiger partial charge in [-0.1, -0.05) is 92.5 Å². The van der Waals surface area contributed by atoms with Crippen molar-refractivity contribution in [3.05, 3.63) is 37.0 Å². The minimum absolute atomic E-state index is 0.0390. The van der Waals surface area contributed by atoms with E-state index in [1.807, 2.05) is 32.9 Å². The van der Waals surface area contributed by atoms with Gasteiger partial charge in [-0.05, 0) is 75.3 Å². The van der Waals surface area contributed by atoms with E-state index < -0.39 is 46.1 Å². The lowest BCUT2D eigenvalue weighted by molar-refractivity contribution is -0.158. The maximum Gasteiger partial charge on any atom is 0.309 e. The minimum atomic E-state index is -2.29. The Morgan fingerprint density at radius 2 is 1.38 bits per heavy atom. The van der Waals surface area contributed by atoms with E-state index in [4.69, 9.17) is 25.2 Å². The summed E-state index contributed by atoms with van der Waals surface area (Å²) in [5.41, 5.74) is 0.0169. The van der Waals surface area contributed by atoms with Crippen LogP contribution in [0.25, 0.3) is 0 Å². The Bertz CT molecular complexity index is 1020. The number of Topliss-reactive ketones (excluding diaryl/α,β-unsaturated/α-hetero) is 2. The van der Waals surface area contributed by atoms with Crippen molar-refractivity contribution in [3.63, 3.8) is 0 Å². The van der Waals surface area contributed by atoms with Crippen LogP contribution in [-0.4, -0.2) is 58.4 Å². The largest absolute Gasteiger partial charge is 0.454 e. The Morgan fingerprint density at radius 1 is 0.854 bits per heavy atom. The van der Waals surface area contributed by atoms with Gasteiger partial charge in [0, 0.05) is 23.6 Å². The summed E-state index contributed by atoms with van der Waals surface area (Å²) in [4.78, 5) is 41.3. The first-order valence-corrected chi connectivity index (χ1v) is 24.2. The number of carbonyl (C=O) groups excluding carboxylic acids is 3. The van der Waals surface area contributed by atoms with Gasteiger partial charge in [0.25, 0.3) is 0 Å². The number of allylic oxidation sites excluding steroid dienone is 2. The maximum atomic E-state index is 15.1. The zero-order valence-corrected chi connectivity index (χ0v) is 35.3. The standard InChI is InChI=1S/C39H71ClO6Si2/c1-14-24-30(9)26-27-34(32(11)41)44-36(42)29-35(45-47(16-3,17-4)18-5)39(12,13)38(43)33(25-22-23-28-40)37(31(10)15-2)46-48(19-6,20-7)21-8/h14-15,26,31,33-35,37H,1-2,16-25,27-29H2,3-13H3/b30-26-/t31?,33?,34?,35-,37?/m0/s1. The van der Waals surface area contributed by atoms with E-state index in [9.17, 15) is 9.59 Å². The van der Waals surface area contributed by atoms with Crippen molar-refractivity contribution < 1.29 is 28.0 Å². The highest BCUT2D eigenvalue weighted by atomic mass is 35.5. The van der Waals surface area contributed by atoms with Gasteiger partial charge in [-0.3, -0.25) is 14.4 Å². The average Bonchev–Trinajstić information content (AvgIpc) is 3.07. The Labute approximate surface area is 302 Å². The predicted octanol–water partition coefficient (Wildman–Crippen LogP) is 11.0. The van der Waals surface area contributed by atoms with Crippen molar-refractivity contribution in [3.8, 4) is 0 Å². The molecule has 0 bridgehead atoms. The second kappa shape index (κ2) is 23.2. The molecule has 0 aliphatic rings. The first-order chi connectivity index (χ1) is 22.6. The number of ketones is 2. The van der Waals surface area contributed by atoms with Crippen LogP contribution in [0.5, 0.6) is 0 Å². The molecular formula is C39H71ClO6Si2. The fraction of sp³-hybridized carbons (Fsp3) is 0.769. The number of rotatable bonds is 28. The van der Waals surface area contributed by atoms with Crippen molar-refractivity contribution in [2.24, 2.45) is 17.3 Å². The molecule has 278 valence electrons. The van der Waals surface area contributed by atoms with Crippen molar-refractivity contribution in [2.75, 3.05) is 5.88 Å². The second-order valence-electron chi connectivity index (χ2n) is 14.2. The summed E-state index contributed by atoms with van der Waals surface area (Å²) in [6.07, 6.45) is 6.80. The maximum absolute atomic E-state index is 15.1. The van der Waals surface area contributed by atoms with Gasteiger partial charge >= 0.3 is 5.97 Å². The van der Waals surface area contributed by atoms with E-state index in [2.05, 4.69) is 61.6 Å². The average molecular weight is 728 g/mol. The number of carbonyl (C=O) groups is 3. The number of unbranched alkanes of at least 4 members (excludes halogenated alkanes) is 1. The number of ether oxygens (including phenoxy) is 1. The van der Waals surface area contributed by atoms with Crippen LogP contribution in [0, 0.1) is 17.3 Å². The highest BCUT2D eigenvalue weighted by molar-refractivity contribution is 6.74. The molecule has 0 heterocycles. The summed E-state index contributed by atoms with van der Waals surface area (Å²) in [6, 6.07) is 5.53. The Kier molecular flexibility index (Phi) is 22.6. The lowest BCUT2D eigenvalue weighted by Gasteiger charge is -2.44. The van der Waals surface area contributed by atoms with Crippen LogP contribution in [0.4, 0.5) is 0 Å². The molecule has 0 rings (SSSR count). The zero-order chi connectivity index (χ0) is 37.1. The monoisotopic (exact) mass is 726 g/mol. The summed E-state index contributed by atoms with van der Waals surface area (Å²) in [6.45, 7) is 30.3. The molecule has 0 saturated heterocycles. The lowest BCUT2D eigenvalue weighted by atomic mass is 9.71. The number of hydrogen-bond donors (Lipinski definition) is 0. The van der Waals surface area contributed by atoms with Gasteiger partial charge < -0.3 is 13.6 Å². The minimum Gasteiger partial charge on any atom is -0.454 e. The number of esters is 1. The molecule has 6 nitrogen and oxygen atoms in total. The SMILES string of the molecule is C=CC/C(C)=C\CC(OC(=O)C[C@H](O[Si](CC)(CC)CC)C(C)(C)C(=O)C(CCCCCl)C(O[Si](CC)(CC)CC)C(C)C=C)C(C)=O. The summed E-state index contributed by atoms with van der Waals surface area (Å²) >= 11 is 6.12. The Morgan fingerprint density at radius 3 is 1.81 bits per heavy atom. The second-order valence-corrected chi connectivity index (χ2v) is 24.0. The fourth-order valence-electron chi connectivity index (χ4n) is 6.54. The van der Waals surface area contributed by atoms with Crippen LogP contribution >= 0.6 is 11.6 Å². The molecule has 0 radical (unpaired) electrons. The van der Waals surface area contributed by atoms with Crippen LogP contribution in [0.15, 0.2) is 37.0 Å². The van der Waals surface area contributed by atoms with Gasteiger partial charge in [0.2, 0.25) is 0 Å². The molecule has 0 aliphatic carbocycles.